The minimum Gasteiger partial charge on any atom is -0.383 e. The molecule has 2 aromatic rings. The van der Waals surface area contributed by atoms with Crippen molar-refractivity contribution in [3.05, 3.63) is 71.3 Å². The van der Waals surface area contributed by atoms with Crippen LogP contribution in [-0.4, -0.2) is 29.0 Å². The maximum Gasteiger partial charge on any atom is 0.227 e. The van der Waals surface area contributed by atoms with Gasteiger partial charge in [0, 0.05) is 6.54 Å². The van der Waals surface area contributed by atoms with Crippen LogP contribution in [0.15, 0.2) is 54.6 Å². The third kappa shape index (κ3) is 3.04. The van der Waals surface area contributed by atoms with Crippen molar-refractivity contribution >= 4 is 5.91 Å². The number of likely N-dealkylation sites (tertiary alicyclic amines) is 1. The third-order valence-corrected chi connectivity index (χ3v) is 4.39. The van der Waals surface area contributed by atoms with Gasteiger partial charge in [-0.15, -0.1) is 0 Å². The second-order valence-electron chi connectivity index (χ2n) is 6.13. The van der Waals surface area contributed by atoms with Gasteiger partial charge in [0.1, 0.15) is 5.60 Å². The van der Waals surface area contributed by atoms with Crippen LogP contribution in [-0.2, 0) is 16.8 Å². The van der Waals surface area contributed by atoms with Gasteiger partial charge in [0.25, 0.3) is 0 Å². The van der Waals surface area contributed by atoms with Gasteiger partial charge in [0.15, 0.2) is 0 Å². The predicted molar refractivity (Wildman–Crippen MR) is 86.4 cm³/mol. The topological polar surface area (TPSA) is 40.5 Å². The van der Waals surface area contributed by atoms with Crippen molar-refractivity contribution in [1.82, 2.24) is 4.90 Å². The van der Waals surface area contributed by atoms with Gasteiger partial charge in [-0.2, -0.15) is 0 Å². The van der Waals surface area contributed by atoms with Crippen LogP contribution in [0.4, 0.5) is 0 Å². The van der Waals surface area contributed by atoms with Crippen molar-refractivity contribution in [1.29, 1.82) is 0 Å². The summed E-state index contributed by atoms with van der Waals surface area (Å²) in [5.74, 6) is 0.0780. The zero-order chi connectivity index (χ0) is 15.6. The second-order valence-corrected chi connectivity index (χ2v) is 6.13. The van der Waals surface area contributed by atoms with E-state index in [4.69, 9.17) is 0 Å². The van der Waals surface area contributed by atoms with E-state index in [1.807, 2.05) is 61.5 Å². The maximum absolute atomic E-state index is 12.4. The number of carbonyl (C=O) groups is 1. The number of aryl methyl sites for hydroxylation is 1. The van der Waals surface area contributed by atoms with Crippen LogP contribution in [0.1, 0.15) is 23.1 Å². The zero-order valence-corrected chi connectivity index (χ0v) is 12.8. The summed E-state index contributed by atoms with van der Waals surface area (Å²) in [4.78, 5) is 14.2. The molecule has 114 valence electrons. The Morgan fingerprint density at radius 2 is 1.82 bits per heavy atom. The number of hydrogen-bond donors (Lipinski definition) is 1. The van der Waals surface area contributed by atoms with Gasteiger partial charge < -0.3 is 10.0 Å². The average Bonchev–Trinajstić information content (AvgIpc) is 2.93. The number of nitrogens with zero attached hydrogens (tertiary/aromatic N) is 1. The maximum atomic E-state index is 12.4. The molecule has 1 unspecified atom stereocenters. The van der Waals surface area contributed by atoms with E-state index < -0.39 is 5.60 Å². The molecule has 0 bridgehead atoms. The molecule has 1 amide bonds. The number of aliphatic hydroxyl groups is 1. The Morgan fingerprint density at radius 1 is 1.14 bits per heavy atom. The molecule has 2 aromatic carbocycles. The van der Waals surface area contributed by atoms with E-state index in [1.165, 1.54) is 5.56 Å². The highest BCUT2D eigenvalue weighted by atomic mass is 16.3. The Labute approximate surface area is 131 Å². The Hall–Kier alpha value is -2.13. The van der Waals surface area contributed by atoms with E-state index in [0.29, 0.717) is 25.9 Å². The summed E-state index contributed by atoms with van der Waals surface area (Å²) in [6, 6.07) is 17.7. The predicted octanol–water partition coefficient (Wildman–Crippen LogP) is 2.66. The molecule has 0 radical (unpaired) electrons. The van der Waals surface area contributed by atoms with Crippen molar-refractivity contribution in [3.63, 3.8) is 0 Å². The summed E-state index contributed by atoms with van der Waals surface area (Å²) in [5.41, 5.74) is 2.16. The van der Waals surface area contributed by atoms with Crippen LogP contribution >= 0.6 is 0 Å². The molecule has 0 saturated carbocycles. The van der Waals surface area contributed by atoms with Crippen molar-refractivity contribution < 1.29 is 9.90 Å². The summed E-state index contributed by atoms with van der Waals surface area (Å²) in [6.45, 7) is 3.01. The van der Waals surface area contributed by atoms with Gasteiger partial charge in [-0.3, -0.25) is 4.79 Å². The Bertz CT molecular complexity index is 651. The lowest BCUT2D eigenvalue weighted by atomic mass is 9.92. The summed E-state index contributed by atoms with van der Waals surface area (Å²) in [5, 5.41) is 10.8. The molecule has 3 heteroatoms. The minimum atomic E-state index is -0.917. The smallest absolute Gasteiger partial charge is 0.227 e. The van der Waals surface area contributed by atoms with Crippen molar-refractivity contribution in [3.8, 4) is 0 Å². The third-order valence-electron chi connectivity index (χ3n) is 4.39. The van der Waals surface area contributed by atoms with E-state index >= 15 is 0 Å². The summed E-state index contributed by atoms with van der Waals surface area (Å²) < 4.78 is 0. The molecule has 1 heterocycles. The van der Waals surface area contributed by atoms with Crippen LogP contribution in [0.5, 0.6) is 0 Å². The highest BCUT2D eigenvalue weighted by Gasteiger charge is 2.39. The first-order chi connectivity index (χ1) is 10.6. The van der Waals surface area contributed by atoms with Gasteiger partial charge >= 0.3 is 0 Å². The Morgan fingerprint density at radius 3 is 2.50 bits per heavy atom. The van der Waals surface area contributed by atoms with Crippen LogP contribution < -0.4 is 0 Å². The standard InChI is InChI=1S/C19H21NO2/c1-15-7-9-17(10-8-15)19(22)11-12-20(14-19)18(21)13-16-5-3-2-4-6-16/h2-10,22H,11-14H2,1H3. The molecule has 22 heavy (non-hydrogen) atoms. The van der Waals surface area contributed by atoms with E-state index in [9.17, 15) is 9.90 Å². The lowest BCUT2D eigenvalue weighted by Crippen LogP contribution is -2.35. The number of carbonyl (C=O) groups excluding carboxylic acids is 1. The largest absolute Gasteiger partial charge is 0.383 e. The molecular weight excluding hydrogens is 274 g/mol. The number of amides is 1. The molecule has 1 atom stereocenters. The van der Waals surface area contributed by atoms with Crippen LogP contribution in [0, 0.1) is 6.92 Å². The number of rotatable bonds is 3. The van der Waals surface area contributed by atoms with Gasteiger partial charge in [0.2, 0.25) is 5.91 Å². The zero-order valence-electron chi connectivity index (χ0n) is 12.8. The van der Waals surface area contributed by atoms with Crippen molar-refractivity contribution in [2.45, 2.75) is 25.4 Å². The molecule has 3 nitrogen and oxygen atoms in total. The number of β-amino-alcohol motifs (C(OH)–C–C–N with tert-alkyl or cyclic N) is 1. The quantitative estimate of drug-likeness (QED) is 0.945. The fourth-order valence-corrected chi connectivity index (χ4v) is 2.99. The molecule has 1 fully saturated rings. The Kier molecular flexibility index (Phi) is 3.99. The SMILES string of the molecule is Cc1ccc(C2(O)CCN(C(=O)Cc3ccccc3)C2)cc1. The highest BCUT2D eigenvalue weighted by Crippen LogP contribution is 2.32. The summed E-state index contributed by atoms with van der Waals surface area (Å²) in [6.07, 6.45) is 0.988. The molecule has 1 N–H and O–H groups in total. The summed E-state index contributed by atoms with van der Waals surface area (Å²) in [7, 11) is 0. The van der Waals surface area contributed by atoms with E-state index in [1.54, 1.807) is 4.90 Å². The summed E-state index contributed by atoms with van der Waals surface area (Å²) >= 11 is 0. The van der Waals surface area contributed by atoms with Gasteiger partial charge in [-0.05, 0) is 24.5 Å². The normalized spacial score (nSPS) is 21.1. The van der Waals surface area contributed by atoms with E-state index in [-0.39, 0.29) is 5.91 Å². The second kappa shape index (κ2) is 5.93. The molecule has 0 aliphatic carbocycles. The lowest BCUT2D eigenvalue weighted by molar-refractivity contribution is -0.130. The van der Waals surface area contributed by atoms with Crippen molar-refractivity contribution in [2.24, 2.45) is 0 Å². The fraction of sp³-hybridized carbons (Fsp3) is 0.316. The first kappa shape index (κ1) is 14.8. The first-order valence-electron chi connectivity index (χ1n) is 7.68. The monoisotopic (exact) mass is 295 g/mol. The molecular formula is C19H21NO2. The van der Waals surface area contributed by atoms with Gasteiger partial charge in [0.05, 0.1) is 13.0 Å². The molecule has 3 rings (SSSR count). The lowest BCUT2D eigenvalue weighted by Gasteiger charge is -2.24. The van der Waals surface area contributed by atoms with Crippen molar-refractivity contribution in [2.75, 3.05) is 13.1 Å². The molecule has 0 spiro atoms. The first-order valence-corrected chi connectivity index (χ1v) is 7.68. The molecule has 1 aliphatic heterocycles. The van der Waals surface area contributed by atoms with E-state index in [0.717, 1.165) is 11.1 Å². The van der Waals surface area contributed by atoms with E-state index in [2.05, 4.69) is 0 Å². The highest BCUT2D eigenvalue weighted by molar-refractivity contribution is 5.79. The minimum absolute atomic E-state index is 0.0780. The Balaban J connectivity index is 1.68. The van der Waals surface area contributed by atoms with Gasteiger partial charge in [-0.25, -0.2) is 0 Å². The van der Waals surface area contributed by atoms with Crippen LogP contribution in [0.3, 0.4) is 0 Å². The molecule has 1 aliphatic rings. The molecule has 1 saturated heterocycles. The number of benzene rings is 2. The number of hydrogen-bond acceptors (Lipinski definition) is 2. The van der Waals surface area contributed by atoms with Crippen LogP contribution in [0.2, 0.25) is 0 Å². The van der Waals surface area contributed by atoms with Crippen LogP contribution in [0.25, 0.3) is 0 Å². The fourth-order valence-electron chi connectivity index (χ4n) is 2.99. The van der Waals surface area contributed by atoms with Gasteiger partial charge in [-0.1, -0.05) is 60.2 Å². The molecule has 0 aromatic heterocycles. The average molecular weight is 295 g/mol.